The predicted octanol–water partition coefficient (Wildman–Crippen LogP) is 5.75. The summed E-state index contributed by atoms with van der Waals surface area (Å²) in [4.78, 5) is 50.9. The fourth-order valence-electron chi connectivity index (χ4n) is 6.50. The number of ether oxygens (including phenoxy) is 6. The highest BCUT2D eigenvalue weighted by Gasteiger charge is 2.65. The van der Waals surface area contributed by atoms with Crippen LogP contribution in [0.5, 0.6) is 0 Å². The summed E-state index contributed by atoms with van der Waals surface area (Å²) in [5, 5.41) is 0. The minimum Gasteiger partial charge on any atom is -0.458 e. The van der Waals surface area contributed by atoms with Crippen molar-refractivity contribution in [2.75, 3.05) is 7.11 Å². The van der Waals surface area contributed by atoms with E-state index in [1.807, 2.05) is 6.92 Å². The number of benzene rings is 1. The molecule has 0 bridgehead atoms. The molecular weight excluding hydrogens is 625 g/mol. The molecule has 2 aliphatic heterocycles. The van der Waals surface area contributed by atoms with Crippen LogP contribution >= 0.6 is 0 Å². The van der Waals surface area contributed by atoms with Crippen molar-refractivity contribution in [2.45, 2.75) is 122 Å². The summed E-state index contributed by atoms with van der Waals surface area (Å²) in [6, 6.07) is 6.46. The van der Waals surface area contributed by atoms with Crippen molar-refractivity contribution < 1.29 is 60.8 Å². The van der Waals surface area contributed by atoms with Crippen LogP contribution in [-0.4, -0.2) is 73.3 Å². The summed E-state index contributed by atoms with van der Waals surface area (Å²) in [5.41, 5.74) is -5.06. The van der Waals surface area contributed by atoms with Gasteiger partial charge in [-0.25, -0.2) is 9.59 Å². The summed E-state index contributed by atoms with van der Waals surface area (Å²) in [5.74, 6) is -5.13. The average Bonchev–Trinajstić information content (AvgIpc) is 3.00. The number of hydrogen-bond donors (Lipinski definition) is 0. The topological polar surface area (TPSA) is 124 Å². The fraction of sp³-hybridized carbons (Fsp3) is 0.647. The van der Waals surface area contributed by atoms with E-state index in [0.717, 1.165) is 44.6 Å². The Bertz CT molecular complexity index is 1280. The van der Waals surface area contributed by atoms with Crippen LogP contribution in [0.1, 0.15) is 79.2 Å². The Morgan fingerprint density at radius 2 is 1.70 bits per heavy atom. The molecule has 0 aromatic heterocycles. The number of fused-ring (bicyclic) bond motifs is 1. The highest BCUT2D eigenvalue weighted by molar-refractivity contribution is 5.84. The van der Waals surface area contributed by atoms with Crippen LogP contribution in [0.25, 0.3) is 0 Å². The van der Waals surface area contributed by atoms with Crippen LogP contribution in [0.4, 0.5) is 13.2 Å². The number of unbranched alkanes of at least 4 members (excludes halogenated alkanes) is 3. The third-order valence-corrected chi connectivity index (χ3v) is 8.86. The molecule has 9 atom stereocenters. The van der Waals surface area contributed by atoms with E-state index >= 15 is 0 Å². The van der Waals surface area contributed by atoms with Gasteiger partial charge in [-0.1, -0.05) is 63.4 Å². The second-order valence-corrected chi connectivity index (χ2v) is 12.3. The number of rotatable bonds is 13. The zero-order chi connectivity index (χ0) is 35.2. The van der Waals surface area contributed by atoms with Gasteiger partial charge >= 0.3 is 30.1 Å². The van der Waals surface area contributed by atoms with Crippen molar-refractivity contribution >= 4 is 23.9 Å². The first-order valence-electron chi connectivity index (χ1n) is 15.9. The zero-order valence-electron chi connectivity index (χ0n) is 27.8. The molecule has 0 N–H and O–H groups in total. The van der Waals surface area contributed by atoms with E-state index in [2.05, 4.69) is 0 Å². The molecule has 47 heavy (non-hydrogen) atoms. The molecule has 0 amide bonds. The molecule has 262 valence electrons. The lowest BCUT2D eigenvalue weighted by Gasteiger charge is -2.55. The highest BCUT2D eigenvalue weighted by Crippen LogP contribution is 2.46. The number of carbonyl (C=O) groups excluding carboxylic acids is 4. The van der Waals surface area contributed by atoms with E-state index in [4.69, 9.17) is 28.4 Å². The van der Waals surface area contributed by atoms with Crippen LogP contribution < -0.4 is 0 Å². The van der Waals surface area contributed by atoms with Crippen molar-refractivity contribution in [1.29, 1.82) is 0 Å². The molecule has 2 saturated heterocycles. The first-order chi connectivity index (χ1) is 22.0. The Hall–Kier alpha value is -3.45. The van der Waals surface area contributed by atoms with Gasteiger partial charge in [0.25, 0.3) is 5.60 Å². The molecule has 13 heteroatoms. The summed E-state index contributed by atoms with van der Waals surface area (Å²) < 4.78 is 76.7. The van der Waals surface area contributed by atoms with E-state index in [0.29, 0.717) is 6.42 Å². The van der Waals surface area contributed by atoms with E-state index in [-0.39, 0.29) is 6.42 Å². The number of methoxy groups -OCH3 is 1. The summed E-state index contributed by atoms with van der Waals surface area (Å²) in [6.07, 6.45) is -4.55. The largest absolute Gasteiger partial charge is 0.458 e. The molecular formula is C34H45F3O10. The molecule has 2 fully saturated rings. The fourth-order valence-corrected chi connectivity index (χ4v) is 6.50. The Labute approximate surface area is 273 Å². The lowest BCUT2D eigenvalue weighted by molar-refractivity contribution is -0.300. The molecule has 1 aromatic rings. The van der Waals surface area contributed by atoms with E-state index in [9.17, 15) is 32.3 Å². The normalized spacial score (nSPS) is 29.6. The summed E-state index contributed by atoms with van der Waals surface area (Å²) >= 11 is 0. The van der Waals surface area contributed by atoms with Crippen LogP contribution in [-0.2, 0) is 53.2 Å². The molecule has 3 rings (SSSR count). The maximum absolute atomic E-state index is 14.5. The van der Waals surface area contributed by atoms with Crippen molar-refractivity contribution in [3.8, 4) is 0 Å². The van der Waals surface area contributed by atoms with Crippen LogP contribution in [0, 0.1) is 11.8 Å². The Morgan fingerprint density at radius 1 is 1.04 bits per heavy atom. The second kappa shape index (κ2) is 15.6. The molecule has 0 aliphatic carbocycles. The van der Waals surface area contributed by atoms with Gasteiger partial charge in [-0.2, -0.15) is 13.2 Å². The number of carbonyl (C=O) groups is 4. The van der Waals surface area contributed by atoms with Gasteiger partial charge in [-0.15, -0.1) is 0 Å². The van der Waals surface area contributed by atoms with Gasteiger partial charge in [0.05, 0.1) is 12.0 Å². The first kappa shape index (κ1) is 38.0. The van der Waals surface area contributed by atoms with Crippen molar-refractivity contribution in [3.63, 3.8) is 0 Å². The van der Waals surface area contributed by atoms with Gasteiger partial charge in [0.1, 0.15) is 30.0 Å². The van der Waals surface area contributed by atoms with Gasteiger partial charge in [-0.05, 0) is 39.7 Å². The minimum absolute atomic E-state index is 0.146. The van der Waals surface area contributed by atoms with Crippen molar-refractivity contribution in [2.24, 2.45) is 11.8 Å². The third-order valence-electron chi connectivity index (χ3n) is 8.86. The average molecular weight is 671 g/mol. The molecule has 0 unspecified atom stereocenters. The molecule has 1 aromatic carbocycles. The van der Waals surface area contributed by atoms with Crippen LogP contribution in [0.3, 0.4) is 0 Å². The molecule has 2 aliphatic rings. The van der Waals surface area contributed by atoms with Gasteiger partial charge in [0.15, 0.2) is 0 Å². The Balaban J connectivity index is 1.81. The Kier molecular flexibility index (Phi) is 12.6. The van der Waals surface area contributed by atoms with E-state index in [1.54, 1.807) is 27.7 Å². The molecule has 2 heterocycles. The predicted molar refractivity (Wildman–Crippen MR) is 162 cm³/mol. The number of hydrogen-bond acceptors (Lipinski definition) is 10. The summed E-state index contributed by atoms with van der Waals surface area (Å²) in [6.45, 7) is 9.84. The number of halogens is 3. The number of esters is 4. The second-order valence-electron chi connectivity index (χ2n) is 12.3. The van der Waals surface area contributed by atoms with Gasteiger partial charge < -0.3 is 28.4 Å². The highest BCUT2D eigenvalue weighted by atomic mass is 19.4. The van der Waals surface area contributed by atoms with Crippen molar-refractivity contribution in [1.82, 2.24) is 0 Å². The molecule has 0 radical (unpaired) electrons. The molecule has 10 nitrogen and oxygen atoms in total. The minimum atomic E-state index is -5.16. The van der Waals surface area contributed by atoms with Gasteiger partial charge in [0.2, 0.25) is 0 Å². The SMILES string of the molecule is CCCCCC[C@@H](/C=C/C(=O)O[C@@H]1[C@@H](C)[C@@H]2OC(=O)[C@H](C)[C@H](OC(C)=O)[C@@]2(C)O[C@H]1C)OC(=O)[C@](OC)(c1ccccc1)C(F)(F)F. The van der Waals surface area contributed by atoms with Crippen LogP contribution in [0.15, 0.2) is 42.5 Å². The maximum atomic E-state index is 14.5. The lowest BCUT2D eigenvalue weighted by atomic mass is 9.73. The van der Waals surface area contributed by atoms with Crippen LogP contribution in [0.2, 0.25) is 0 Å². The van der Waals surface area contributed by atoms with Crippen molar-refractivity contribution in [3.05, 3.63) is 48.0 Å². The third kappa shape index (κ3) is 8.17. The van der Waals surface area contributed by atoms with Gasteiger partial charge in [-0.3, -0.25) is 9.59 Å². The summed E-state index contributed by atoms with van der Waals surface area (Å²) in [7, 11) is 0.781. The van der Waals surface area contributed by atoms with E-state index < -0.39 is 89.2 Å². The zero-order valence-corrected chi connectivity index (χ0v) is 27.8. The van der Waals surface area contributed by atoms with E-state index in [1.165, 1.54) is 31.2 Å². The quantitative estimate of drug-likeness (QED) is 0.111. The molecule has 0 saturated carbocycles. The monoisotopic (exact) mass is 670 g/mol. The van der Waals surface area contributed by atoms with Gasteiger partial charge in [0, 0.05) is 31.6 Å². The Morgan fingerprint density at radius 3 is 2.28 bits per heavy atom. The lowest BCUT2D eigenvalue weighted by Crippen LogP contribution is -2.70. The smallest absolute Gasteiger partial charge is 0.432 e. The standard InChI is InChI=1S/C34H45F3O10/c1-8-9-10-14-17-25(44-31(41)33(42-7,34(35,36)37)24-15-12-11-13-16-24)18-19-26(39)45-27-20(2)28-32(6,47-22(27)4)29(43-23(5)38)21(3)30(40)46-28/h11-13,15-16,18-22,25,27-29H,8-10,14,17H2,1-7H3/b19-18+/t20-,21-,22+,25+,27-,28+,29+,32+,33-/m1/s1. The maximum Gasteiger partial charge on any atom is 0.432 e. The number of alkyl halides is 3. The molecule has 0 spiro atoms. The first-order valence-corrected chi connectivity index (χ1v) is 15.9.